The Labute approximate surface area is 162 Å². The summed E-state index contributed by atoms with van der Waals surface area (Å²) in [5, 5.41) is 0. The number of carbonyl (C=O) groups excluding carboxylic acids is 1. The van der Waals surface area contributed by atoms with Crippen LogP contribution in [0.4, 0.5) is 8.78 Å². The van der Waals surface area contributed by atoms with Crippen LogP contribution in [0.5, 0.6) is 11.5 Å². The summed E-state index contributed by atoms with van der Waals surface area (Å²) in [6.07, 6.45) is 0.0178. The zero-order valence-electron chi connectivity index (χ0n) is 13.5. The van der Waals surface area contributed by atoms with Gasteiger partial charge in [0, 0.05) is 16.1 Å². The van der Waals surface area contributed by atoms with Crippen LogP contribution in [0.2, 0.25) is 0 Å². The highest BCUT2D eigenvalue weighted by Gasteiger charge is 2.19. The highest BCUT2D eigenvalue weighted by Crippen LogP contribution is 2.30. The van der Waals surface area contributed by atoms with Crippen LogP contribution in [0.15, 0.2) is 60.7 Å². The van der Waals surface area contributed by atoms with Crippen LogP contribution in [-0.2, 0) is 6.42 Å². The number of amides is 1. The van der Waals surface area contributed by atoms with E-state index in [2.05, 4.69) is 0 Å². The number of halogens is 3. The summed E-state index contributed by atoms with van der Waals surface area (Å²) in [5.74, 6) is -1.35. The van der Waals surface area contributed by atoms with E-state index in [1.165, 1.54) is 12.1 Å². The lowest BCUT2D eigenvalue weighted by Gasteiger charge is -2.14. The summed E-state index contributed by atoms with van der Waals surface area (Å²) >= 11 is 2.00. The second-order valence-corrected chi connectivity index (χ2v) is 6.88. The van der Waals surface area contributed by atoms with Gasteiger partial charge >= 0.3 is 0 Å². The number of ether oxygens (including phenoxy) is 1. The van der Waals surface area contributed by atoms with Crippen molar-refractivity contribution >= 4 is 28.5 Å². The zero-order chi connectivity index (χ0) is 18.7. The topological polar surface area (TPSA) is 52.3 Å². The summed E-state index contributed by atoms with van der Waals surface area (Å²) in [6.45, 7) is 0. The van der Waals surface area contributed by atoms with Crippen molar-refractivity contribution in [3.63, 3.8) is 0 Å². The number of nitrogens with two attached hydrogens (primary N) is 1. The van der Waals surface area contributed by atoms with E-state index in [0.717, 1.165) is 9.64 Å². The molecule has 0 bridgehead atoms. The predicted molar refractivity (Wildman–Crippen MR) is 103 cm³/mol. The van der Waals surface area contributed by atoms with E-state index in [1.807, 2.05) is 22.6 Å². The monoisotopic (exact) mass is 465 g/mol. The molecule has 0 aromatic heterocycles. The third-order valence-electron chi connectivity index (χ3n) is 3.76. The van der Waals surface area contributed by atoms with Gasteiger partial charge in [0.2, 0.25) is 0 Å². The normalized spacial score (nSPS) is 10.6. The number of carbonyl (C=O) groups is 1. The number of hydrogen-bond donors (Lipinski definition) is 1. The largest absolute Gasteiger partial charge is 0.456 e. The fourth-order valence-electron chi connectivity index (χ4n) is 2.62. The Bertz CT molecular complexity index is 962. The molecule has 6 heteroatoms. The van der Waals surface area contributed by atoms with Crippen molar-refractivity contribution in [3.8, 4) is 11.5 Å². The number of benzene rings is 3. The Kier molecular flexibility index (Phi) is 5.51. The van der Waals surface area contributed by atoms with Crippen LogP contribution in [0.3, 0.4) is 0 Å². The van der Waals surface area contributed by atoms with Crippen LogP contribution in [0, 0.1) is 15.2 Å². The maximum atomic E-state index is 14.2. The quantitative estimate of drug-likeness (QED) is 0.537. The molecular formula is C20H14F2INO2. The highest BCUT2D eigenvalue weighted by molar-refractivity contribution is 14.1. The van der Waals surface area contributed by atoms with Crippen LogP contribution in [0.25, 0.3) is 0 Å². The van der Waals surface area contributed by atoms with Crippen molar-refractivity contribution in [2.45, 2.75) is 6.42 Å². The molecule has 0 saturated heterocycles. The number of hydrogen-bond acceptors (Lipinski definition) is 2. The van der Waals surface area contributed by atoms with Crippen molar-refractivity contribution in [2.24, 2.45) is 5.73 Å². The maximum absolute atomic E-state index is 14.2. The van der Waals surface area contributed by atoms with Gasteiger partial charge in [-0.2, -0.15) is 0 Å². The van der Waals surface area contributed by atoms with Gasteiger partial charge in [-0.25, -0.2) is 8.78 Å². The van der Waals surface area contributed by atoms with Gasteiger partial charge in [-0.1, -0.05) is 24.3 Å². The molecule has 0 saturated carbocycles. The minimum Gasteiger partial charge on any atom is -0.456 e. The molecule has 0 heterocycles. The number of primary amides is 1. The summed E-state index contributed by atoms with van der Waals surface area (Å²) < 4.78 is 34.7. The molecule has 26 heavy (non-hydrogen) atoms. The molecule has 0 aliphatic heterocycles. The Morgan fingerprint density at radius 1 is 1.00 bits per heavy atom. The minimum atomic E-state index is -0.767. The molecule has 0 fully saturated rings. The van der Waals surface area contributed by atoms with Gasteiger partial charge in [-0.3, -0.25) is 4.79 Å². The Balaban J connectivity index is 2.05. The summed E-state index contributed by atoms with van der Waals surface area (Å²) in [5.41, 5.74) is 6.14. The molecule has 2 N–H and O–H groups in total. The lowest BCUT2D eigenvalue weighted by molar-refractivity contribution is 0.0997. The smallest absolute Gasteiger partial charge is 0.252 e. The van der Waals surface area contributed by atoms with E-state index in [0.29, 0.717) is 11.3 Å². The molecule has 0 atom stereocenters. The first kappa shape index (κ1) is 18.3. The van der Waals surface area contributed by atoms with Gasteiger partial charge in [0.15, 0.2) is 0 Å². The third-order valence-corrected chi connectivity index (χ3v) is 4.43. The minimum absolute atomic E-state index is 0.00428. The average molecular weight is 465 g/mol. The molecule has 1 amide bonds. The van der Waals surface area contributed by atoms with Crippen molar-refractivity contribution in [3.05, 3.63) is 92.6 Å². The molecule has 3 rings (SSSR count). The molecule has 3 nitrogen and oxygen atoms in total. The second-order valence-electron chi connectivity index (χ2n) is 5.63. The van der Waals surface area contributed by atoms with E-state index in [4.69, 9.17) is 10.5 Å². The first-order chi connectivity index (χ1) is 12.4. The average Bonchev–Trinajstić information content (AvgIpc) is 2.57. The van der Waals surface area contributed by atoms with Crippen molar-refractivity contribution in [1.82, 2.24) is 0 Å². The summed E-state index contributed by atoms with van der Waals surface area (Å²) in [4.78, 5) is 12.0. The molecule has 0 aliphatic carbocycles. The summed E-state index contributed by atoms with van der Waals surface area (Å²) in [7, 11) is 0. The second kappa shape index (κ2) is 7.82. The fraction of sp³-hybridized carbons (Fsp3) is 0.0500. The van der Waals surface area contributed by atoms with Crippen molar-refractivity contribution in [1.29, 1.82) is 0 Å². The van der Waals surface area contributed by atoms with Gasteiger partial charge in [0.25, 0.3) is 5.91 Å². The van der Waals surface area contributed by atoms with Crippen LogP contribution >= 0.6 is 22.6 Å². The third kappa shape index (κ3) is 4.19. The van der Waals surface area contributed by atoms with Gasteiger partial charge in [-0.05, 0) is 64.0 Å². The zero-order valence-corrected chi connectivity index (χ0v) is 15.7. The standard InChI is InChI=1S/C20H14F2INO2/c21-14-9-13(8-12-6-7-15(23)11-17(12)22)19(20(24)25)18(10-14)26-16-4-2-1-3-5-16/h1-7,9-11H,8H2,(H2,24,25). The van der Waals surface area contributed by atoms with Gasteiger partial charge in [0.05, 0.1) is 5.56 Å². The van der Waals surface area contributed by atoms with E-state index in [1.54, 1.807) is 42.5 Å². The molecule has 0 unspecified atom stereocenters. The lowest BCUT2D eigenvalue weighted by atomic mass is 9.98. The van der Waals surface area contributed by atoms with Crippen molar-refractivity contribution < 1.29 is 18.3 Å². The van der Waals surface area contributed by atoms with E-state index in [-0.39, 0.29) is 23.3 Å². The highest BCUT2D eigenvalue weighted by atomic mass is 127. The van der Waals surface area contributed by atoms with Crippen molar-refractivity contribution in [2.75, 3.05) is 0 Å². The van der Waals surface area contributed by atoms with E-state index < -0.39 is 17.5 Å². The number of rotatable bonds is 5. The molecule has 0 spiro atoms. The lowest BCUT2D eigenvalue weighted by Crippen LogP contribution is -2.16. The SMILES string of the molecule is NC(=O)c1c(Cc2ccc(I)cc2F)cc(F)cc1Oc1ccccc1. The maximum Gasteiger partial charge on any atom is 0.252 e. The Hall–Kier alpha value is -2.48. The molecular weight excluding hydrogens is 451 g/mol. The van der Waals surface area contributed by atoms with Gasteiger partial charge < -0.3 is 10.5 Å². The molecule has 132 valence electrons. The van der Waals surface area contributed by atoms with E-state index in [9.17, 15) is 13.6 Å². The van der Waals surface area contributed by atoms with Gasteiger partial charge in [-0.15, -0.1) is 0 Å². The molecule has 3 aromatic rings. The van der Waals surface area contributed by atoms with Gasteiger partial charge in [0.1, 0.15) is 23.1 Å². The Morgan fingerprint density at radius 3 is 2.38 bits per heavy atom. The van der Waals surface area contributed by atoms with E-state index >= 15 is 0 Å². The number of para-hydroxylation sites is 1. The van der Waals surface area contributed by atoms with Crippen LogP contribution in [-0.4, -0.2) is 5.91 Å². The molecule has 0 radical (unpaired) electrons. The Morgan fingerprint density at radius 2 is 1.73 bits per heavy atom. The summed E-state index contributed by atoms with van der Waals surface area (Å²) in [6, 6.07) is 15.6. The molecule has 0 aliphatic rings. The first-order valence-electron chi connectivity index (χ1n) is 7.73. The predicted octanol–water partition coefficient (Wildman–Crippen LogP) is 5.05. The van der Waals surface area contributed by atoms with Crippen LogP contribution in [0.1, 0.15) is 21.5 Å². The van der Waals surface area contributed by atoms with Crippen LogP contribution < -0.4 is 10.5 Å². The fourth-order valence-corrected chi connectivity index (χ4v) is 3.07. The first-order valence-corrected chi connectivity index (χ1v) is 8.81. The molecule has 3 aromatic carbocycles.